The molecule has 0 aliphatic heterocycles. The highest BCUT2D eigenvalue weighted by Crippen LogP contribution is 2.17. The largest absolute Gasteiger partial charge is 0.488 e. The Morgan fingerprint density at radius 2 is 2.19 bits per heavy atom. The van der Waals surface area contributed by atoms with Crippen LogP contribution in [0.15, 0.2) is 18.2 Å². The molecule has 0 heterocycles. The highest BCUT2D eigenvalue weighted by atomic mass is 19.1. The third-order valence-electron chi connectivity index (χ3n) is 1.82. The Morgan fingerprint density at radius 3 is 2.75 bits per heavy atom. The molecule has 1 aromatic carbocycles. The molecule has 0 saturated carbocycles. The number of methoxy groups -OCH3 is 1. The van der Waals surface area contributed by atoms with Crippen molar-refractivity contribution in [3.63, 3.8) is 0 Å². The van der Waals surface area contributed by atoms with E-state index in [1.165, 1.54) is 7.11 Å². The smallest absolute Gasteiger partial charge is 0.326 e. The Balaban J connectivity index is 2.58. The molecule has 0 fully saturated rings. The van der Waals surface area contributed by atoms with Crippen LogP contribution in [0.4, 0.5) is 8.78 Å². The second-order valence-corrected chi connectivity index (χ2v) is 3.02. The number of hydrogen-bond donors (Lipinski definition) is 1. The molecule has 1 unspecified atom stereocenters. The topological polar surface area (TPSA) is 61.5 Å². The fourth-order valence-corrected chi connectivity index (χ4v) is 0.991. The molecular formula is C10H11F2NO3. The van der Waals surface area contributed by atoms with Crippen LogP contribution in [0.5, 0.6) is 5.75 Å². The van der Waals surface area contributed by atoms with E-state index in [0.717, 1.165) is 12.1 Å². The molecule has 0 amide bonds. The van der Waals surface area contributed by atoms with Crippen molar-refractivity contribution in [3.8, 4) is 5.75 Å². The lowest BCUT2D eigenvalue weighted by molar-refractivity contribution is -0.142. The Morgan fingerprint density at radius 1 is 1.50 bits per heavy atom. The molecule has 4 nitrogen and oxygen atoms in total. The number of rotatable bonds is 4. The predicted octanol–water partition coefficient (Wildman–Crippen LogP) is 0.844. The summed E-state index contributed by atoms with van der Waals surface area (Å²) in [6.07, 6.45) is 0. The Kier molecular flexibility index (Phi) is 4.19. The van der Waals surface area contributed by atoms with Gasteiger partial charge in [0.2, 0.25) is 0 Å². The Labute approximate surface area is 91.0 Å². The van der Waals surface area contributed by atoms with Crippen molar-refractivity contribution in [1.29, 1.82) is 0 Å². The lowest BCUT2D eigenvalue weighted by atomic mass is 10.3. The van der Waals surface area contributed by atoms with Crippen LogP contribution in [-0.4, -0.2) is 25.7 Å². The van der Waals surface area contributed by atoms with E-state index in [1.807, 2.05) is 0 Å². The molecule has 6 heteroatoms. The maximum absolute atomic E-state index is 13.1. The maximum atomic E-state index is 13.1. The van der Waals surface area contributed by atoms with Crippen molar-refractivity contribution >= 4 is 5.97 Å². The molecule has 0 aliphatic rings. The standard InChI is InChI=1S/C10H11F2NO3/c1-15-10(14)8(13)5-16-9-3-2-6(11)4-7(9)12/h2-4,8H,5,13H2,1H3. The summed E-state index contributed by atoms with van der Waals surface area (Å²) in [5, 5.41) is 0. The molecule has 0 aromatic heterocycles. The molecule has 1 atom stereocenters. The van der Waals surface area contributed by atoms with Gasteiger partial charge in [-0.1, -0.05) is 0 Å². The van der Waals surface area contributed by atoms with Gasteiger partial charge in [0, 0.05) is 6.07 Å². The van der Waals surface area contributed by atoms with Gasteiger partial charge in [0.05, 0.1) is 7.11 Å². The quantitative estimate of drug-likeness (QED) is 0.780. The van der Waals surface area contributed by atoms with E-state index in [-0.39, 0.29) is 12.4 Å². The second-order valence-electron chi connectivity index (χ2n) is 3.02. The number of esters is 1. The van der Waals surface area contributed by atoms with Crippen molar-refractivity contribution in [3.05, 3.63) is 29.8 Å². The summed E-state index contributed by atoms with van der Waals surface area (Å²) in [5.41, 5.74) is 5.36. The zero-order valence-electron chi connectivity index (χ0n) is 8.57. The van der Waals surface area contributed by atoms with Gasteiger partial charge in [0.15, 0.2) is 11.6 Å². The van der Waals surface area contributed by atoms with Gasteiger partial charge in [-0.2, -0.15) is 0 Å². The zero-order valence-corrected chi connectivity index (χ0v) is 8.57. The molecule has 88 valence electrons. The highest BCUT2D eigenvalue weighted by Gasteiger charge is 2.15. The first-order valence-electron chi connectivity index (χ1n) is 4.46. The van der Waals surface area contributed by atoms with Crippen LogP contribution in [0.3, 0.4) is 0 Å². The average molecular weight is 231 g/mol. The summed E-state index contributed by atoms with van der Waals surface area (Å²) in [4.78, 5) is 10.9. The number of carbonyl (C=O) groups excluding carboxylic acids is 1. The van der Waals surface area contributed by atoms with Crippen LogP contribution >= 0.6 is 0 Å². The first-order chi connectivity index (χ1) is 7.54. The summed E-state index contributed by atoms with van der Waals surface area (Å²) < 4.78 is 34.9. The van der Waals surface area contributed by atoms with Gasteiger partial charge < -0.3 is 15.2 Å². The molecule has 1 aromatic rings. The third-order valence-corrected chi connectivity index (χ3v) is 1.82. The first-order valence-corrected chi connectivity index (χ1v) is 4.46. The van der Waals surface area contributed by atoms with Crippen LogP contribution in [0, 0.1) is 11.6 Å². The molecular weight excluding hydrogens is 220 g/mol. The SMILES string of the molecule is COC(=O)C(N)COc1ccc(F)cc1F. The summed E-state index contributed by atoms with van der Waals surface area (Å²) in [7, 11) is 1.18. The Hall–Kier alpha value is -1.69. The van der Waals surface area contributed by atoms with Gasteiger partial charge in [0.25, 0.3) is 0 Å². The van der Waals surface area contributed by atoms with Crippen molar-refractivity contribution in [2.75, 3.05) is 13.7 Å². The van der Waals surface area contributed by atoms with E-state index in [0.29, 0.717) is 6.07 Å². The molecule has 0 spiro atoms. The van der Waals surface area contributed by atoms with Crippen LogP contribution in [-0.2, 0) is 9.53 Å². The fourth-order valence-electron chi connectivity index (χ4n) is 0.991. The Bertz CT molecular complexity index is 384. The van der Waals surface area contributed by atoms with Crippen LogP contribution in [0.25, 0.3) is 0 Å². The molecule has 0 saturated heterocycles. The van der Waals surface area contributed by atoms with Gasteiger partial charge in [-0.3, -0.25) is 4.79 Å². The third kappa shape index (κ3) is 3.16. The van der Waals surface area contributed by atoms with E-state index in [9.17, 15) is 13.6 Å². The van der Waals surface area contributed by atoms with E-state index < -0.39 is 23.6 Å². The van der Waals surface area contributed by atoms with Gasteiger partial charge in [0.1, 0.15) is 18.5 Å². The molecule has 16 heavy (non-hydrogen) atoms. The van der Waals surface area contributed by atoms with Crippen molar-refractivity contribution in [1.82, 2.24) is 0 Å². The number of halogens is 2. The van der Waals surface area contributed by atoms with Gasteiger partial charge in [-0.25, -0.2) is 8.78 Å². The zero-order chi connectivity index (χ0) is 12.1. The lowest BCUT2D eigenvalue weighted by Crippen LogP contribution is -2.37. The van der Waals surface area contributed by atoms with Crippen molar-refractivity contribution in [2.45, 2.75) is 6.04 Å². The fraction of sp³-hybridized carbons (Fsp3) is 0.300. The van der Waals surface area contributed by atoms with Gasteiger partial charge in [-0.15, -0.1) is 0 Å². The summed E-state index contributed by atoms with van der Waals surface area (Å²) in [6, 6.07) is 1.84. The van der Waals surface area contributed by atoms with E-state index in [4.69, 9.17) is 10.5 Å². The number of benzene rings is 1. The number of nitrogens with two attached hydrogens (primary N) is 1. The number of hydrogen-bond acceptors (Lipinski definition) is 4. The van der Waals surface area contributed by atoms with E-state index >= 15 is 0 Å². The number of carbonyl (C=O) groups is 1. The first kappa shape index (κ1) is 12.4. The molecule has 0 aliphatic carbocycles. The van der Waals surface area contributed by atoms with Crippen molar-refractivity contribution < 1.29 is 23.0 Å². The van der Waals surface area contributed by atoms with E-state index in [2.05, 4.69) is 4.74 Å². The minimum Gasteiger partial charge on any atom is -0.488 e. The van der Waals surface area contributed by atoms with E-state index in [1.54, 1.807) is 0 Å². The number of ether oxygens (including phenoxy) is 2. The minimum absolute atomic E-state index is 0.166. The molecule has 0 radical (unpaired) electrons. The summed E-state index contributed by atoms with van der Waals surface area (Å²) in [6.45, 7) is -0.241. The normalized spacial score (nSPS) is 12.0. The minimum atomic E-state index is -1.01. The maximum Gasteiger partial charge on any atom is 0.326 e. The predicted molar refractivity (Wildman–Crippen MR) is 51.8 cm³/mol. The molecule has 0 bridgehead atoms. The van der Waals surface area contributed by atoms with Crippen LogP contribution in [0.2, 0.25) is 0 Å². The molecule has 1 rings (SSSR count). The lowest BCUT2D eigenvalue weighted by Gasteiger charge is -2.11. The summed E-state index contributed by atoms with van der Waals surface area (Å²) in [5.74, 6) is -2.39. The van der Waals surface area contributed by atoms with Gasteiger partial charge >= 0.3 is 5.97 Å². The summed E-state index contributed by atoms with van der Waals surface area (Å²) >= 11 is 0. The second kappa shape index (κ2) is 5.41. The average Bonchev–Trinajstić information content (AvgIpc) is 2.26. The van der Waals surface area contributed by atoms with Crippen molar-refractivity contribution in [2.24, 2.45) is 5.73 Å². The highest BCUT2D eigenvalue weighted by molar-refractivity contribution is 5.75. The van der Waals surface area contributed by atoms with Crippen LogP contribution < -0.4 is 10.5 Å². The monoisotopic (exact) mass is 231 g/mol. The van der Waals surface area contributed by atoms with Crippen LogP contribution in [0.1, 0.15) is 0 Å². The van der Waals surface area contributed by atoms with Gasteiger partial charge in [-0.05, 0) is 12.1 Å². The molecule has 2 N–H and O–H groups in total.